The molecule has 4 nitrogen and oxygen atoms in total. The SMILES string of the molecule is CC1(C)OB(c2ccn(CC3CC3)c(=O)c2)OC1(C)C. The van der Waals surface area contributed by atoms with Gasteiger partial charge in [-0.05, 0) is 58.0 Å². The number of pyridine rings is 1. The van der Waals surface area contributed by atoms with Crippen molar-refractivity contribution in [1.29, 1.82) is 0 Å². The van der Waals surface area contributed by atoms with Gasteiger partial charge >= 0.3 is 7.12 Å². The van der Waals surface area contributed by atoms with Gasteiger partial charge < -0.3 is 13.9 Å². The van der Waals surface area contributed by atoms with Crippen LogP contribution in [-0.2, 0) is 15.9 Å². The smallest absolute Gasteiger partial charge is 0.399 e. The summed E-state index contributed by atoms with van der Waals surface area (Å²) in [5, 5.41) is 0. The van der Waals surface area contributed by atoms with Crippen LogP contribution < -0.4 is 11.0 Å². The molecule has 0 bridgehead atoms. The van der Waals surface area contributed by atoms with Crippen LogP contribution in [-0.4, -0.2) is 22.9 Å². The van der Waals surface area contributed by atoms with Gasteiger partial charge in [0.25, 0.3) is 0 Å². The summed E-state index contributed by atoms with van der Waals surface area (Å²) in [6.07, 6.45) is 4.35. The van der Waals surface area contributed by atoms with Gasteiger partial charge in [0.2, 0.25) is 5.56 Å². The van der Waals surface area contributed by atoms with Gasteiger partial charge in [-0.3, -0.25) is 4.79 Å². The number of hydrogen-bond acceptors (Lipinski definition) is 3. The fourth-order valence-corrected chi connectivity index (χ4v) is 2.38. The molecule has 0 atom stereocenters. The lowest BCUT2D eigenvalue weighted by Crippen LogP contribution is -2.41. The summed E-state index contributed by atoms with van der Waals surface area (Å²) >= 11 is 0. The van der Waals surface area contributed by atoms with Crippen LogP contribution in [0.2, 0.25) is 0 Å². The van der Waals surface area contributed by atoms with E-state index in [4.69, 9.17) is 9.31 Å². The Morgan fingerprint density at radius 1 is 1.25 bits per heavy atom. The first-order valence-electron chi connectivity index (χ1n) is 7.34. The highest BCUT2D eigenvalue weighted by Gasteiger charge is 2.51. The Hall–Kier alpha value is -1.07. The molecule has 1 aromatic heterocycles. The summed E-state index contributed by atoms with van der Waals surface area (Å²) in [4.78, 5) is 12.1. The van der Waals surface area contributed by atoms with Crippen molar-refractivity contribution in [1.82, 2.24) is 4.57 Å². The van der Waals surface area contributed by atoms with Crippen molar-refractivity contribution in [3.8, 4) is 0 Å². The Labute approximate surface area is 120 Å². The van der Waals surface area contributed by atoms with Crippen molar-refractivity contribution < 1.29 is 9.31 Å². The summed E-state index contributed by atoms with van der Waals surface area (Å²) in [6.45, 7) is 8.90. The molecule has 0 N–H and O–H groups in total. The van der Waals surface area contributed by atoms with Gasteiger partial charge in [-0.2, -0.15) is 0 Å². The third-order valence-electron chi connectivity index (χ3n) is 4.70. The van der Waals surface area contributed by atoms with Gasteiger partial charge in [-0.1, -0.05) is 0 Å². The summed E-state index contributed by atoms with van der Waals surface area (Å²) in [5.41, 5.74) is 0.0889. The lowest BCUT2D eigenvalue weighted by atomic mass is 9.80. The minimum absolute atomic E-state index is 0.0316. The van der Waals surface area contributed by atoms with E-state index >= 15 is 0 Å². The zero-order valence-corrected chi connectivity index (χ0v) is 12.7. The van der Waals surface area contributed by atoms with E-state index in [0.717, 1.165) is 12.0 Å². The highest BCUT2D eigenvalue weighted by atomic mass is 16.7. The first-order valence-corrected chi connectivity index (χ1v) is 7.34. The number of rotatable bonds is 3. The molecule has 1 saturated heterocycles. The van der Waals surface area contributed by atoms with Gasteiger partial charge in [-0.15, -0.1) is 0 Å². The average molecular weight is 275 g/mol. The molecule has 2 fully saturated rings. The molecule has 2 aliphatic rings. The standard InChI is InChI=1S/C15H22BNO3/c1-14(2)15(3,4)20-16(19-14)12-7-8-17(13(18)9-12)10-11-5-6-11/h7-9,11H,5-6,10H2,1-4H3. The van der Waals surface area contributed by atoms with Gasteiger partial charge in [0.1, 0.15) is 0 Å². The Balaban J connectivity index is 1.81. The molecule has 1 aromatic rings. The lowest BCUT2D eigenvalue weighted by molar-refractivity contribution is 0.00578. The van der Waals surface area contributed by atoms with Crippen LogP contribution >= 0.6 is 0 Å². The normalized spacial score (nSPS) is 24.1. The van der Waals surface area contributed by atoms with E-state index < -0.39 is 7.12 Å². The third-order valence-corrected chi connectivity index (χ3v) is 4.70. The maximum atomic E-state index is 12.1. The first kappa shape index (κ1) is 13.9. The summed E-state index contributed by atoms with van der Waals surface area (Å²) in [5.74, 6) is 0.690. The number of nitrogens with zero attached hydrogens (tertiary/aromatic N) is 1. The van der Waals surface area contributed by atoms with Crippen LogP contribution in [0.4, 0.5) is 0 Å². The average Bonchev–Trinajstić information content (AvgIpc) is 3.10. The highest BCUT2D eigenvalue weighted by Crippen LogP contribution is 2.36. The van der Waals surface area contributed by atoms with E-state index in [1.807, 2.05) is 40.0 Å². The molecule has 0 spiro atoms. The molecule has 2 heterocycles. The van der Waals surface area contributed by atoms with Gasteiger partial charge in [-0.25, -0.2) is 0 Å². The molecule has 1 aliphatic carbocycles. The topological polar surface area (TPSA) is 40.5 Å². The molecular weight excluding hydrogens is 253 g/mol. The Bertz CT molecular complexity index is 559. The molecule has 0 amide bonds. The second-order valence-corrected chi connectivity index (χ2v) is 6.98. The Kier molecular flexibility index (Phi) is 3.10. The second kappa shape index (κ2) is 4.47. The van der Waals surface area contributed by atoms with Crippen LogP contribution in [0.15, 0.2) is 23.1 Å². The largest absolute Gasteiger partial charge is 0.495 e. The lowest BCUT2D eigenvalue weighted by Gasteiger charge is -2.32. The molecule has 5 heteroatoms. The van der Waals surface area contributed by atoms with Crippen LogP contribution in [0.25, 0.3) is 0 Å². The number of aromatic nitrogens is 1. The van der Waals surface area contributed by atoms with Crippen molar-refractivity contribution in [3.63, 3.8) is 0 Å². The van der Waals surface area contributed by atoms with Crippen LogP contribution in [0, 0.1) is 5.92 Å². The molecular formula is C15H22BNO3. The maximum absolute atomic E-state index is 12.1. The van der Waals surface area contributed by atoms with Crippen molar-refractivity contribution >= 4 is 12.6 Å². The Morgan fingerprint density at radius 3 is 2.35 bits per heavy atom. The molecule has 20 heavy (non-hydrogen) atoms. The zero-order valence-electron chi connectivity index (χ0n) is 12.7. The van der Waals surface area contributed by atoms with E-state index in [0.29, 0.717) is 5.92 Å². The Morgan fingerprint density at radius 2 is 1.85 bits per heavy atom. The quantitative estimate of drug-likeness (QED) is 0.786. The van der Waals surface area contributed by atoms with Gasteiger partial charge in [0.15, 0.2) is 0 Å². The van der Waals surface area contributed by atoms with E-state index in [1.54, 1.807) is 10.6 Å². The summed E-state index contributed by atoms with van der Waals surface area (Å²) in [7, 11) is -0.455. The fourth-order valence-electron chi connectivity index (χ4n) is 2.38. The van der Waals surface area contributed by atoms with Crippen molar-refractivity contribution in [2.75, 3.05) is 0 Å². The van der Waals surface area contributed by atoms with Gasteiger partial charge in [0, 0.05) is 18.8 Å². The predicted molar refractivity (Wildman–Crippen MR) is 79.1 cm³/mol. The minimum Gasteiger partial charge on any atom is -0.399 e. The molecule has 0 radical (unpaired) electrons. The molecule has 0 unspecified atom stereocenters. The van der Waals surface area contributed by atoms with Crippen molar-refractivity contribution in [2.24, 2.45) is 5.92 Å². The van der Waals surface area contributed by atoms with E-state index in [-0.39, 0.29) is 16.8 Å². The highest BCUT2D eigenvalue weighted by molar-refractivity contribution is 6.62. The van der Waals surface area contributed by atoms with Crippen molar-refractivity contribution in [2.45, 2.75) is 58.3 Å². The molecule has 0 aromatic carbocycles. The molecule has 108 valence electrons. The van der Waals surface area contributed by atoms with E-state index in [2.05, 4.69) is 0 Å². The second-order valence-electron chi connectivity index (χ2n) is 6.98. The van der Waals surface area contributed by atoms with E-state index in [1.165, 1.54) is 12.8 Å². The minimum atomic E-state index is -0.455. The summed E-state index contributed by atoms with van der Waals surface area (Å²) < 4.78 is 13.7. The number of hydrogen-bond donors (Lipinski definition) is 0. The third kappa shape index (κ3) is 2.45. The zero-order chi connectivity index (χ0) is 14.5. The monoisotopic (exact) mass is 275 g/mol. The molecule has 3 rings (SSSR count). The van der Waals surface area contributed by atoms with E-state index in [9.17, 15) is 4.79 Å². The van der Waals surface area contributed by atoms with Gasteiger partial charge in [0.05, 0.1) is 11.2 Å². The van der Waals surface area contributed by atoms with Crippen molar-refractivity contribution in [3.05, 3.63) is 28.7 Å². The fraction of sp³-hybridized carbons (Fsp3) is 0.667. The van der Waals surface area contributed by atoms with Crippen LogP contribution in [0.3, 0.4) is 0 Å². The van der Waals surface area contributed by atoms with Crippen LogP contribution in [0.5, 0.6) is 0 Å². The molecule has 1 aliphatic heterocycles. The molecule has 1 saturated carbocycles. The maximum Gasteiger partial charge on any atom is 0.495 e. The summed E-state index contributed by atoms with van der Waals surface area (Å²) in [6, 6.07) is 3.58. The predicted octanol–water partition coefficient (Wildman–Crippen LogP) is 1.56. The van der Waals surface area contributed by atoms with Crippen LogP contribution in [0.1, 0.15) is 40.5 Å². The first-order chi connectivity index (χ1) is 9.28.